The number of halogens is 1. The molecule has 11 nitrogen and oxygen atoms in total. The molecule has 0 bridgehead atoms. The summed E-state index contributed by atoms with van der Waals surface area (Å²) in [6, 6.07) is 4.16. The first kappa shape index (κ1) is 23.8. The van der Waals surface area contributed by atoms with Gasteiger partial charge in [-0.15, -0.1) is 28.1 Å². The molecule has 0 unspecified atom stereocenters. The van der Waals surface area contributed by atoms with Crippen molar-refractivity contribution in [1.29, 1.82) is 5.26 Å². The standard InChI is InChI=1S/C24H24FN9O2S2/c25-14-6-23(3-1-5-34(23)9-14)13-35-21-30-20(31-22(32-21)36-15-2-4-28-29-8-15)33-11-24(12-33)18-16(7-26)19(27)38-17(18)10-37-24/h2,4,8,14H,1,3,5-6,9-13,27H2/t14-,23+/m1/s1. The molecule has 7 rings (SSSR count). The monoisotopic (exact) mass is 553 g/mol. The predicted octanol–water partition coefficient (Wildman–Crippen LogP) is 2.89. The zero-order chi connectivity index (χ0) is 25.9. The van der Waals surface area contributed by atoms with E-state index in [4.69, 9.17) is 15.2 Å². The van der Waals surface area contributed by atoms with Crippen LogP contribution in [0, 0.1) is 11.3 Å². The third-order valence-corrected chi connectivity index (χ3v) is 10.5. The zero-order valence-corrected chi connectivity index (χ0v) is 22.0. The normalized spacial score (nSPS) is 25.2. The van der Waals surface area contributed by atoms with Gasteiger partial charge < -0.3 is 20.1 Å². The lowest BCUT2D eigenvalue weighted by molar-refractivity contribution is 0.106. The lowest BCUT2D eigenvalue weighted by atomic mass is 9.88. The highest BCUT2D eigenvalue weighted by molar-refractivity contribution is 8.00. The van der Waals surface area contributed by atoms with Gasteiger partial charge in [-0.25, -0.2) is 4.39 Å². The SMILES string of the molecule is N#Cc1c(N)sc2c1C1(CN(c3nc(OC[C@@]45CCCN4C[C@H](F)C5)nc(Oc4ccnnc4)n3)C1)SC2. The zero-order valence-electron chi connectivity index (χ0n) is 20.3. The van der Waals surface area contributed by atoms with Gasteiger partial charge in [0, 0.05) is 48.3 Å². The molecule has 3 fully saturated rings. The number of alkyl halides is 1. The molecule has 3 saturated heterocycles. The Morgan fingerprint density at radius 1 is 1.24 bits per heavy atom. The molecule has 196 valence electrons. The fourth-order valence-corrected chi connectivity index (χ4v) is 8.91. The van der Waals surface area contributed by atoms with E-state index in [9.17, 15) is 9.65 Å². The first-order valence-corrected chi connectivity index (χ1v) is 14.2. The Hall–Kier alpha value is -3.28. The molecule has 4 aliphatic rings. The summed E-state index contributed by atoms with van der Waals surface area (Å²) < 4.78 is 26.0. The second kappa shape index (κ2) is 8.89. The summed E-state index contributed by atoms with van der Waals surface area (Å²) >= 11 is 3.33. The van der Waals surface area contributed by atoms with Crippen molar-refractivity contribution in [3.05, 3.63) is 34.5 Å². The maximum atomic E-state index is 14.2. The number of fused-ring (bicyclic) bond motifs is 3. The van der Waals surface area contributed by atoms with Crippen LogP contribution < -0.4 is 20.1 Å². The molecule has 2 atom stereocenters. The molecule has 3 aromatic rings. The molecule has 14 heteroatoms. The minimum atomic E-state index is -0.846. The van der Waals surface area contributed by atoms with Crippen LogP contribution in [0.3, 0.4) is 0 Å². The smallest absolute Gasteiger partial charge is 0.330 e. The second-order valence-electron chi connectivity index (χ2n) is 10.1. The summed E-state index contributed by atoms with van der Waals surface area (Å²) in [6.45, 7) is 2.87. The van der Waals surface area contributed by atoms with Crippen LogP contribution in [0.5, 0.6) is 17.8 Å². The molecular weight excluding hydrogens is 529 g/mol. The van der Waals surface area contributed by atoms with Crippen molar-refractivity contribution in [2.75, 3.05) is 43.4 Å². The summed E-state index contributed by atoms with van der Waals surface area (Å²) in [4.78, 5) is 18.9. The molecule has 0 radical (unpaired) electrons. The first-order chi connectivity index (χ1) is 18.5. The van der Waals surface area contributed by atoms with Crippen LogP contribution in [0.4, 0.5) is 15.3 Å². The number of anilines is 2. The van der Waals surface area contributed by atoms with Gasteiger partial charge in [0.05, 0.1) is 28.2 Å². The van der Waals surface area contributed by atoms with Gasteiger partial charge in [0.1, 0.15) is 23.8 Å². The molecule has 0 saturated carbocycles. The predicted molar refractivity (Wildman–Crippen MR) is 139 cm³/mol. The van der Waals surface area contributed by atoms with Crippen molar-refractivity contribution in [3.8, 4) is 23.8 Å². The van der Waals surface area contributed by atoms with Gasteiger partial charge in [-0.1, -0.05) is 0 Å². The van der Waals surface area contributed by atoms with Gasteiger partial charge in [-0.05, 0) is 19.4 Å². The quantitative estimate of drug-likeness (QED) is 0.480. The minimum Gasteiger partial charge on any atom is -0.461 e. The van der Waals surface area contributed by atoms with Crippen LogP contribution in [-0.4, -0.2) is 74.5 Å². The number of hydrogen-bond donors (Lipinski definition) is 1. The van der Waals surface area contributed by atoms with Crippen LogP contribution in [0.15, 0.2) is 18.5 Å². The molecule has 0 amide bonds. The van der Waals surface area contributed by atoms with Crippen molar-refractivity contribution >= 4 is 34.0 Å². The molecule has 0 aromatic carbocycles. The largest absolute Gasteiger partial charge is 0.461 e. The number of thiophene rings is 1. The van der Waals surface area contributed by atoms with Gasteiger partial charge in [-0.2, -0.15) is 25.4 Å². The summed E-state index contributed by atoms with van der Waals surface area (Å²) in [6.07, 6.45) is 4.51. The van der Waals surface area contributed by atoms with Gasteiger partial charge >= 0.3 is 12.0 Å². The maximum absolute atomic E-state index is 14.2. The minimum absolute atomic E-state index is 0.0757. The Morgan fingerprint density at radius 2 is 2.11 bits per heavy atom. The number of nitriles is 1. The maximum Gasteiger partial charge on any atom is 0.330 e. The number of nitrogen functional groups attached to an aromatic ring is 1. The number of rotatable bonds is 6. The van der Waals surface area contributed by atoms with Crippen molar-refractivity contribution in [2.45, 2.75) is 41.5 Å². The van der Waals surface area contributed by atoms with E-state index in [1.54, 1.807) is 6.07 Å². The number of nitrogens with two attached hydrogens (primary N) is 1. The molecule has 2 N–H and O–H groups in total. The van der Waals surface area contributed by atoms with Gasteiger partial charge in [0.25, 0.3) is 0 Å². The van der Waals surface area contributed by atoms with E-state index in [1.165, 1.54) is 28.6 Å². The third-order valence-electron chi connectivity index (χ3n) is 7.81. The van der Waals surface area contributed by atoms with Crippen molar-refractivity contribution in [1.82, 2.24) is 30.0 Å². The highest BCUT2D eigenvalue weighted by atomic mass is 32.2. The molecule has 0 aliphatic carbocycles. The van der Waals surface area contributed by atoms with Gasteiger partial charge in [0.15, 0.2) is 5.75 Å². The van der Waals surface area contributed by atoms with E-state index in [-0.39, 0.29) is 22.3 Å². The molecule has 1 spiro atoms. The van der Waals surface area contributed by atoms with Crippen LogP contribution in [0.2, 0.25) is 0 Å². The lowest BCUT2D eigenvalue weighted by Gasteiger charge is -2.47. The molecule has 3 aromatic heterocycles. The van der Waals surface area contributed by atoms with Crippen LogP contribution in [0.25, 0.3) is 0 Å². The number of aromatic nitrogens is 5. The highest BCUT2D eigenvalue weighted by Gasteiger charge is 2.53. The number of nitrogens with zero attached hydrogens (tertiary/aromatic N) is 8. The van der Waals surface area contributed by atoms with E-state index in [0.717, 1.165) is 30.7 Å². The van der Waals surface area contributed by atoms with Crippen molar-refractivity contribution < 1.29 is 13.9 Å². The molecule has 7 heterocycles. The number of thioether (sulfide) groups is 1. The Labute approximate surface area is 226 Å². The topological polar surface area (TPSA) is 139 Å². The van der Waals surface area contributed by atoms with E-state index in [1.807, 2.05) is 16.7 Å². The van der Waals surface area contributed by atoms with Crippen LogP contribution >= 0.6 is 23.1 Å². The summed E-state index contributed by atoms with van der Waals surface area (Å²) in [7, 11) is 0. The van der Waals surface area contributed by atoms with Crippen molar-refractivity contribution in [2.24, 2.45) is 0 Å². The van der Waals surface area contributed by atoms with Gasteiger partial charge in [-0.3, -0.25) is 4.90 Å². The fraction of sp³-hybridized carbons (Fsp3) is 0.500. The average Bonchev–Trinajstić information content (AvgIpc) is 3.60. The van der Waals surface area contributed by atoms with Crippen LogP contribution in [0.1, 0.15) is 35.3 Å². The van der Waals surface area contributed by atoms with E-state index in [2.05, 4.69) is 36.1 Å². The number of ether oxygens (including phenoxy) is 2. The Bertz CT molecular complexity index is 1430. The van der Waals surface area contributed by atoms with Gasteiger partial charge in [0.2, 0.25) is 5.95 Å². The summed E-state index contributed by atoms with van der Waals surface area (Å²) in [5, 5.41) is 17.9. The van der Waals surface area contributed by atoms with E-state index < -0.39 is 6.17 Å². The first-order valence-electron chi connectivity index (χ1n) is 12.4. The van der Waals surface area contributed by atoms with E-state index >= 15 is 0 Å². The van der Waals surface area contributed by atoms with Crippen LogP contribution in [-0.2, 0) is 10.5 Å². The Kier molecular flexibility index (Phi) is 5.57. The molecule has 4 aliphatic heterocycles. The second-order valence-corrected chi connectivity index (χ2v) is 12.6. The third kappa shape index (κ3) is 3.83. The van der Waals surface area contributed by atoms with Crippen molar-refractivity contribution in [3.63, 3.8) is 0 Å². The highest BCUT2D eigenvalue weighted by Crippen LogP contribution is 2.57. The fourth-order valence-electron chi connectivity index (χ4n) is 6.10. The number of hydrogen-bond acceptors (Lipinski definition) is 13. The lowest BCUT2D eigenvalue weighted by Crippen LogP contribution is -2.57. The summed E-state index contributed by atoms with van der Waals surface area (Å²) in [5.41, 5.74) is 7.44. The Balaban J connectivity index is 1.16. The molecular formula is C24H24FN9O2S2. The summed E-state index contributed by atoms with van der Waals surface area (Å²) in [5.74, 6) is 1.69. The average molecular weight is 554 g/mol. The molecule has 38 heavy (non-hydrogen) atoms. The Morgan fingerprint density at radius 3 is 2.92 bits per heavy atom. The van der Waals surface area contributed by atoms with E-state index in [0.29, 0.717) is 54.9 Å².